The van der Waals surface area contributed by atoms with Crippen molar-refractivity contribution in [3.63, 3.8) is 0 Å². The van der Waals surface area contributed by atoms with E-state index in [1.54, 1.807) is 37.6 Å². The number of methoxy groups -OCH3 is 1. The lowest BCUT2D eigenvalue weighted by atomic mass is 10.0. The predicted octanol–water partition coefficient (Wildman–Crippen LogP) is 3.38. The van der Waals surface area contributed by atoms with Gasteiger partial charge < -0.3 is 10.1 Å². The summed E-state index contributed by atoms with van der Waals surface area (Å²) in [5, 5.41) is 4.93. The molecule has 1 N–H and O–H groups in total. The van der Waals surface area contributed by atoms with Crippen molar-refractivity contribution in [3.05, 3.63) is 51.6 Å². The summed E-state index contributed by atoms with van der Waals surface area (Å²) in [7, 11) is 3.01. The number of carbonyl (C=O) groups is 1. The Morgan fingerprint density at radius 1 is 1.26 bits per heavy atom. The van der Waals surface area contributed by atoms with Crippen LogP contribution >= 0.6 is 23.2 Å². The molecule has 0 unspecified atom stereocenters. The fourth-order valence-electron chi connectivity index (χ4n) is 2.71. The van der Waals surface area contributed by atoms with Crippen LogP contribution in [0.1, 0.15) is 11.1 Å². The predicted molar refractivity (Wildman–Crippen MR) is 105 cm³/mol. The number of nitrogens with zero attached hydrogens (tertiary/aromatic N) is 3. The average Bonchev–Trinajstić information content (AvgIpc) is 2.78. The van der Waals surface area contributed by atoms with Crippen LogP contribution < -0.4 is 10.4 Å². The molecule has 2 heterocycles. The van der Waals surface area contributed by atoms with Crippen molar-refractivity contribution in [1.29, 1.82) is 0 Å². The first-order chi connectivity index (χ1) is 13.1. The molecule has 0 saturated carbocycles. The van der Waals surface area contributed by atoms with E-state index in [0.29, 0.717) is 52.5 Å². The van der Waals surface area contributed by atoms with E-state index in [-0.39, 0.29) is 0 Å². The maximum Gasteiger partial charge on any atom is 0.284 e. The van der Waals surface area contributed by atoms with Gasteiger partial charge in [-0.15, -0.1) is 0 Å². The normalized spacial score (nSPS) is 13.9. The molecule has 27 heavy (non-hydrogen) atoms. The Hall–Kier alpha value is -2.19. The highest BCUT2D eigenvalue weighted by Crippen LogP contribution is 2.35. The monoisotopic (exact) mass is 408 g/mol. The molecule has 0 bridgehead atoms. The second-order valence-electron chi connectivity index (χ2n) is 5.66. The van der Waals surface area contributed by atoms with Gasteiger partial charge in [0.15, 0.2) is 5.82 Å². The van der Waals surface area contributed by atoms with Gasteiger partial charge in [-0.3, -0.25) is 9.63 Å². The fourth-order valence-corrected chi connectivity index (χ4v) is 3.31. The third kappa shape index (κ3) is 4.06. The van der Waals surface area contributed by atoms with Crippen LogP contribution in [0.3, 0.4) is 0 Å². The largest absolute Gasteiger partial charge is 0.383 e. The first-order valence-corrected chi connectivity index (χ1v) is 8.94. The Balaban J connectivity index is 1.99. The molecule has 3 rings (SSSR count). The summed E-state index contributed by atoms with van der Waals surface area (Å²) in [5.74, 6) is 0.333. The number of benzene rings is 1. The van der Waals surface area contributed by atoms with Crippen LogP contribution in [0.25, 0.3) is 5.57 Å². The van der Waals surface area contributed by atoms with Crippen LogP contribution in [-0.4, -0.2) is 43.2 Å². The Morgan fingerprint density at radius 2 is 2.00 bits per heavy atom. The maximum atomic E-state index is 13.1. The number of anilines is 2. The van der Waals surface area contributed by atoms with E-state index in [4.69, 9.17) is 32.8 Å². The number of hydrogen-bond acceptors (Lipinski definition) is 6. The molecule has 1 amide bonds. The van der Waals surface area contributed by atoms with Crippen LogP contribution in [0.15, 0.2) is 30.5 Å². The smallest absolute Gasteiger partial charge is 0.284 e. The average molecular weight is 409 g/mol. The quantitative estimate of drug-likeness (QED) is 0.738. The summed E-state index contributed by atoms with van der Waals surface area (Å²) in [4.78, 5) is 27.2. The lowest BCUT2D eigenvalue weighted by Crippen LogP contribution is -2.31. The van der Waals surface area contributed by atoms with Crippen molar-refractivity contribution in [1.82, 2.24) is 9.97 Å². The molecule has 0 spiro atoms. The molecule has 0 radical (unpaired) electrons. The van der Waals surface area contributed by atoms with Gasteiger partial charge in [0.2, 0.25) is 5.95 Å². The van der Waals surface area contributed by atoms with E-state index in [9.17, 15) is 4.79 Å². The maximum absolute atomic E-state index is 13.1. The van der Waals surface area contributed by atoms with Crippen LogP contribution in [0.5, 0.6) is 0 Å². The molecule has 1 aromatic heterocycles. The summed E-state index contributed by atoms with van der Waals surface area (Å²) in [6, 6.07) is 5.09. The number of fused-ring (bicyclic) bond motifs is 1. The van der Waals surface area contributed by atoms with E-state index in [1.807, 2.05) is 0 Å². The van der Waals surface area contributed by atoms with Crippen molar-refractivity contribution in [2.75, 3.05) is 37.8 Å². The number of ether oxygens (including phenoxy) is 1. The van der Waals surface area contributed by atoms with E-state index in [2.05, 4.69) is 15.3 Å². The van der Waals surface area contributed by atoms with Crippen molar-refractivity contribution < 1.29 is 14.4 Å². The standard InChI is InChI=1S/C18H18Cl2N4O3/c1-26-9-8-21-18-22-10-11-6-7-12(15-13(19)4-3-5-14(15)20)17(25)24(27-2)16(11)23-18/h3-5,7,10H,6,8-9H2,1-2H3,(H,21,22,23). The molecule has 142 valence electrons. The molecule has 0 atom stereocenters. The van der Waals surface area contributed by atoms with Gasteiger partial charge in [0.25, 0.3) is 5.91 Å². The zero-order valence-electron chi connectivity index (χ0n) is 14.8. The molecule has 7 nitrogen and oxygen atoms in total. The van der Waals surface area contributed by atoms with Crippen molar-refractivity contribution in [2.24, 2.45) is 0 Å². The van der Waals surface area contributed by atoms with E-state index in [0.717, 1.165) is 10.6 Å². The lowest BCUT2D eigenvalue weighted by Gasteiger charge is -2.21. The van der Waals surface area contributed by atoms with Crippen molar-refractivity contribution in [2.45, 2.75) is 6.42 Å². The Labute approximate surface area is 166 Å². The molecule has 0 fully saturated rings. The molecule has 0 aliphatic carbocycles. The third-order valence-corrected chi connectivity index (χ3v) is 4.61. The highest BCUT2D eigenvalue weighted by molar-refractivity contribution is 6.41. The highest BCUT2D eigenvalue weighted by Gasteiger charge is 2.30. The molecular weight excluding hydrogens is 391 g/mol. The fraction of sp³-hybridized carbons (Fsp3) is 0.278. The number of nitrogens with one attached hydrogen (secondary N) is 1. The van der Waals surface area contributed by atoms with E-state index in [1.165, 1.54) is 7.11 Å². The molecule has 1 aliphatic heterocycles. The van der Waals surface area contributed by atoms with Gasteiger partial charge in [-0.2, -0.15) is 10.0 Å². The summed E-state index contributed by atoms with van der Waals surface area (Å²) >= 11 is 12.6. The lowest BCUT2D eigenvalue weighted by molar-refractivity contribution is -0.119. The number of halogens is 2. The number of rotatable bonds is 6. The number of carbonyl (C=O) groups excluding carboxylic acids is 1. The summed E-state index contributed by atoms with van der Waals surface area (Å²) in [6.45, 7) is 1.04. The number of aromatic nitrogens is 2. The molecule has 1 aromatic carbocycles. The minimum Gasteiger partial charge on any atom is -0.383 e. The van der Waals surface area contributed by atoms with Gasteiger partial charge >= 0.3 is 0 Å². The minimum absolute atomic E-state index is 0.347. The van der Waals surface area contributed by atoms with Crippen molar-refractivity contribution in [3.8, 4) is 0 Å². The molecule has 2 aromatic rings. The molecule has 1 aliphatic rings. The Bertz CT molecular complexity index is 869. The first-order valence-electron chi connectivity index (χ1n) is 8.18. The Kier molecular flexibility index (Phi) is 6.28. The molecular formula is C18H18Cl2N4O3. The highest BCUT2D eigenvalue weighted by atomic mass is 35.5. The number of hydroxylamine groups is 1. The van der Waals surface area contributed by atoms with Crippen LogP contribution in [0.4, 0.5) is 11.8 Å². The summed E-state index contributed by atoms with van der Waals surface area (Å²) < 4.78 is 5.00. The first kappa shape index (κ1) is 19.6. The van der Waals surface area contributed by atoms with E-state index >= 15 is 0 Å². The molecule has 9 heteroatoms. The van der Waals surface area contributed by atoms with Crippen molar-refractivity contribution >= 4 is 46.4 Å². The van der Waals surface area contributed by atoms with E-state index < -0.39 is 5.91 Å². The van der Waals surface area contributed by atoms with Crippen LogP contribution in [0.2, 0.25) is 10.0 Å². The summed E-state index contributed by atoms with van der Waals surface area (Å²) in [5.41, 5.74) is 1.55. The zero-order chi connectivity index (χ0) is 19.4. The van der Waals surface area contributed by atoms with Gasteiger partial charge in [0.05, 0.1) is 23.8 Å². The van der Waals surface area contributed by atoms with Gasteiger partial charge in [-0.1, -0.05) is 35.3 Å². The minimum atomic E-state index is -0.409. The Morgan fingerprint density at radius 3 is 2.67 bits per heavy atom. The third-order valence-electron chi connectivity index (χ3n) is 3.98. The zero-order valence-corrected chi connectivity index (χ0v) is 16.3. The van der Waals surface area contributed by atoms with Gasteiger partial charge in [0, 0.05) is 36.6 Å². The second kappa shape index (κ2) is 8.67. The van der Waals surface area contributed by atoms with Gasteiger partial charge in [-0.25, -0.2) is 4.98 Å². The van der Waals surface area contributed by atoms with Crippen LogP contribution in [0, 0.1) is 0 Å². The second-order valence-corrected chi connectivity index (χ2v) is 6.48. The van der Waals surface area contributed by atoms with Gasteiger partial charge in [-0.05, 0) is 18.6 Å². The van der Waals surface area contributed by atoms with Crippen LogP contribution in [-0.2, 0) is 20.8 Å². The molecule has 0 saturated heterocycles. The summed E-state index contributed by atoms with van der Waals surface area (Å²) in [6.07, 6.45) is 3.84. The SMILES string of the molecule is COCCNc1ncc2c(n1)N(OC)C(=O)C(c1c(Cl)cccc1Cl)=CC2. The number of hydrogen-bond donors (Lipinski definition) is 1. The number of allylic oxidation sites excluding steroid dienone is 1. The van der Waals surface area contributed by atoms with Gasteiger partial charge in [0.1, 0.15) is 0 Å². The number of amides is 1. The topological polar surface area (TPSA) is 76.6 Å².